The fraction of sp³-hybridized carbons (Fsp3) is 0.643. The average Bonchev–Trinajstić information content (AvgIpc) is 2.84. The van der Waals surface area contributed by atoms with Crippen LogP contribution in [0.15, 0.2) is 6.07 Å². The zero-order chi connectivity index (χ0) is 13.0. The van der Waals surface area contributed by atoms with Crippen LogP contribution in [-0.2, 0) is 19.4 Å². The topological polar surface area (TPSA) is 62.4 Å². The first-order valence-electron chi connectivity index (χ1n) is 6.87. The minimum Gasteiger partial charge on any atom is -0.395 e. The lowest BCUT2D eigenvalue weighted by molar-refractivity contribution is 0.301. The van der Waals surface area contributed by atoms with Crippen LogP contribution in [0.5, 0.6) is 0 Å². The molecule has 18 heavy (non-hydrogen) atoms. The van der Waals surface area contributed by atoms with Crippen molar-refractivity contribution in [3.05, 3.63) is 22.9 Å². The summed E-state index contributed by atoms with van der Waals surface area (Å²) >= 11 is 0. The third-order valence-electron chi connectivity index (χ3n) is 3.49. The summed E-state index contributed by atoms with van der Waals surface area (Å²) in [5.41, 5.74) is 9.54. The monoisotopic (exact) mass is 249 g/mol. The number of aromatic nitrogens is 1. The Morgan fingerprint density at radius 1 is 1.39 bits per heavy atom. The van der Waals surface area contributed by atoms with Crippen molar-refractivity contribution >= 4 is 5.82 Å². The lowest BCUT2D eigenvalue weighted by atomic mass is 10.1. The van der Waals surface area contributed by atoms with Crippen molar-refractivity contribution in [3.8, 4) is 0 Å². The molecule has 0 amide bonds. The van der Waals surface area contributed by atoms with Gasteiger partial charge in [-0.2, -0.15) is 0 Å². The van der Waals surface area contributed by atoms with E-state index in [1.54, 1.807) is 0 Å². The smallest absolute Gasteiger partial charge is 0.133 e. The second-order valence-electron chi connectivity index (χ2n) is 4.85. The van der Waals surface area contributed by atoms with Crippen LogP contribution in [0.3, 0.4) is 0 Å². The number of nitrogens with zero attached hydrogens (tertiary/aromatic N) is 2. The molecule has 0 unspecified atom stereocenters. The summed E-state index contributed by atoms with van der Waals surface area (Å²) in [5.74, 6) is 0.981. The van der Waals surface area contributed by atoms with E-state index in [1.807, 2.05) is 0 Å². The van der Waals surface area contributed by atoms with Crippen LogP contribution in [0.4, 0.5) is 5.82 Å². The number of nitrogens with two attached hydrogens (primary N) is 1. The van der Waals surface area contributed by atoms with Crippen molar-refractivity contribution < 1.29 is 5.11 Å². The van der Waals surface area contributed by atoms with Gasteiger partial charge in [0, 0.05) is 30.9 Å². The lowest BCUT2D eigenvalue weighted by Gasteiger charge is -2.25. The molecular formula is C14H23N3O. The van der Waals surface area contributed by atoms with Gasteiger partial charge in [0.2, 0.25) is 0 Å². The Hall–Kier alpha value is -1.13. The van der Waals surface area contributed by atoms with E-state index in [-0.39, 0.29) is 6.61 Å². The van der Waals surface area contributed by atoms with Gasteiger partial charge in [0.1, 0.15) is 5.82 Å². The van der Waals surface area contributed by atoms with E-state index in [9.17, 15) is 5.11 Å². The first-order valence-corrected chi connectivity index (χ1v) is 6.87. The van der Waals surface area contributed by atoms with Crippen LogP contribution >= 0.6 is 0 Å². The van der Waals surface area contributed by atoms with Crippen LogP contribution in [0.1, 0.15) is 36.6 Å². The molecule has 0 aromatic carbocycles. The molecule has 0 radical (unpaired) electrons. The second-order valence-corrected chi connectivity index (χ2v) is 4.85. The number of pyridine rings is 1. The van der Waals surface area contributed by atoms with Crippen molar-refractivity contribution in [1.82, 2.24) is 4.98 Å². The third-order valence-corrected chi connectivity index (χ3v) is 3.49. The molecule has 0 aliphatic heterocycles. The van der Waals surface area contributed by atoms with Gasteiger partial charge in [-0.05, 0) is 37.3 Å². The molecule has 1 aliphatic rings. The van der Waals surface area contributed by atoms with Crippen molar-refractivity contribution in [1.29, 1.82) is 0 Å². The van der Waals surface area contributed by atoms with Gasteiger partial charge in [-0.3, -0.25) is 0 Å². The number of aryl methyl sites for hydroxylation is 2. The predicted molar refractivity (Wildman–Crippen MR) is 73.7 cm³/mol. The number of aliphatic hydroxyl groups excluding tert-OH is 1. The van der Waals surface area contributed by atoms with Crippen LogP contribution < -0.4 is 10.6 Å². The number of hydrogen-bond acceptors (Lipinski definition) is 4. The predicted octanol–water partition coefficient (Wildman–Crippen LogP) is 1.24. The van der Waals surface area contributed by atoms with E-state index in [0.717, 1.165) is 37.2 Å². The van der Waals surface area contributed by atoms with Crippen LogP contribution in [0.2, 0.25) is 0 Å². The number of hydrogen-bond donors (Lipinski definition) is 2. The maximum atomic E-state index is 9.18. The summed E-state index contributed by atoms with van der Waals surface area (Å²) in [5, 5.41) is 9.18. The first-order chi connectivity index (χ1) is 8.80. The van der Waals surface area contributed by atoms with Gasteiger partial charge >= 0.3 is 0 Å². The van der Waals surface area contributed by atoms with E-state index < -0.39 is 0 Å². The SMILES string of the molecule is CCCN(CCO)c1nc2c(cc1CN)CCC2. The minimum atomic E-state index is 0.156. The maximum Gasteiger partial charge on any atom is 0.133 e. The summed E-state index contributed by atoms with van der Waals surface area (Å²) in [6, 6.07) is 2.21. The van der Waals surface area contributed by atoms with E-state index >= 15 is 0 Å². The van der Waals surface area contributed by atoms with Gasteiger partial charge in [0.15, 0.2) is 0 Å². The Balaban J connectivity index is 2.34. The molecule has 1 aromatic heterocycles. The van der Waals surface area contributed by atoms with E-state index in [1.165, 1.54) is 17.7 Å². The van der Waals surface area contributed by atoms with Crippen molar-refractivity contribution in [2.24, 2.45) is 5.73 Å². The molecule has 100 valence electrons. The number of rotatable bonds is 6. The molecule has 4 heteroatoms. The average molecular weight is 249 g/mol. The standard InChI is InChI=1S/C14H23N3O/c1-2-6-17(7-8-18)14-12(10-15)9-11-4-3-5-13(11)16-14/h9,18H,2-8,10,15H2,1H3. The van der Waals surface area contributed by atoms with Gasteiger partial charge in [-0.25, -0.2) is 4.98 Å². The molecule has 0 bridgehead atoms. The van der Waals surface area contributed by atoms with Gasteiger partial charge in [-0.15, -0.1) is 0 Å². The molecule has 1 heterocycles. The summed E-state index contributed by atoms with van der Waals surface area (Å²) in [4.78, 5) is 6.95. The summed E-state index contributed by atoms with van der Waals surface area (Å²) < 4.78 is 0. The third kappa shape index (κ3) is 2.65. The van der Waals surface area contributed by atoms with Gasteiger partial charge in [0.25, 0.3) is 0 Å². The Bertz CT molecular complexity index is 400. The number of anilines is 1. The summed E-state index contributed by atoms with van der Waals surface area (Å²) in [6.45, 7) is 4.36. The fourth-order valence-corrected chi connectivity index (χ4v) is 2.65. The molecule has 1 aromatic rings. The van der Waals surface area contributed by atoms with Crippen molar-refractivity contribution in [2.75, 3.05) is 24.6 Å². The molecule has 0 atom stereocenters. The van der Waals surface area contributed by atoms with Crippen LogP contribution in [0, 0.1) is 0 Å². The lowest BCUT2D eigenvalue weighted by Crippen LogP contribution is -2.30. The fourth-order valence-electron chi connectivity index (χ4n) is 2.65. The Labute approximate surface area is 109 Å². The molecule has 0 spiro atoms. The molecule has 0 fully saturated rings. The number of fused-ring (bicyclic) bond motifs is 1. The Kier molecular flexibility index (Phi) is 4.55. The molecular weight excluding hydrogens is 226 g/mol. The van der Waals surface area contributed by atoms with Crippen LogP contribution in [-0.4, -0.2) is 29.8 Å². The van der Waals surface area contributed by atoms with Crippen LogP contribution in [0.25, 0.3) is 0 Å². The molecule has 1 aliphatic carbocycles. The number of aliphatic hydroxyl groups is 1. The highest BCUT2D eigenvalue weighted by molar-refractivity contribution is 5.51. The first kappa shape index (κ1) is 13.3. The summed E-state index contributed by atoms with van der Waals surface area (Å²) in [6.07, 6.45) is 4.45. The Morgan fingerprint density at radius 3 is 2.89 bits per heavy atom. The zero-order valence-electron chi connectivity index (χ0n) is 11.2. The molecule has 0 saturated carbocycles. The molecule has 3 N–H and O–H groups in total. The minimum absolute atomic E-state index is 0.156. The van der Waals surface area contributed by atoms with Gasteiger partial charge < -0.3 is 15.7 Å². The van der Waals surface area contributed by atoms with E-state index in [4.69, 9.17) is 10.7 Å². The highest BCUT2D eigenvalue weighted by atomic mass is 16.3. The van der Waals surface area contributed by atoms with E-state index in [2.05, 4.69) is 17.9 Å². The maximum absolute atomic E-state index is 9.18. The highest BCUT2D eigenvalue weighted by Crippen LogP contribution is 2.27. The quantitative estimate of drug-likeness (QED) is 0.796. The second kappa shape index (κ2) is 6.16. The molecule has 4 nitrogen and oxygen atoms in total. The zero-order valence-corrected chi connectivity index (χ0v) is 11.2. The van der Waals surface area contributed by atoms with E-state index in [0.29, 0.717) is 13.1 Å². The van der Waals surface area contributed by atoms with Gasteiger partial charge in [0.05, 0.1) is 6.61 Å². The largest absolute Gasteiger partial charge is 0.395 e. The molecule has 2 rings (SSSR count). The highest BCUT2D eigenvalue weighted by Gasteiger charge is 2.18. The summed E-state index contributed by atoms with van der Waals surface area (Å²) in [7, 11) is 0. The van der Waals surface area contributed by atoms with Gasteiger partial charge in [-0.1, -0.05) is 6.92 Å². The Morgan fingerprint density at radius 2 is 2.22 bits per heavy atom. The van der Waals surface area contributed by atoms with Crippen molar-refractivity contribution in [2.45, 2.75) is 39.2 Å². The van der Waals surface area contributed by atoms with Crippen molar-refractivity contribution in [3.63, 3.8) is 0 Å². The normalized spacial score (nSPS) is 13.7. The molecule has 0 saturated heterocycles.